The largest absolute Gasteiger partial charge is 0.496 e. The highest BCUT2D eigenvalue weighted by Gasteiger charge is 2.24. The van der Waals surface area contributed by atoms with Gasteiger partial charge in [0.25, 0.3) is 5.91 Å². The van der Waals surface area contributed by atoms with Crippen molar-refractivity contribution in [3.63, 3.8) is 0 Å². The summed E-state index contributed by atoms with van der Waals surface area (Å²) >= 11 is 0. The fourth-order valence-corrected chi connectivity index (χ4v) is 4.54. The summed E-state index contributed by atoms with van der Waals surface area (Å²) in [6, 6.07) is 4.37. The van der Waals surface area contributed by atoms with Gasteiger partial charge in [0.05, 0.1) is 23.7 Å². The maximum absolute atomic E-state index is 12.7. The number of nitrogens with one attached hydrogen (secondary N) is 1. The number of carbonyl (C=O) groups excluding carboxylic acids is 1. The molecular formula is C18H28N2O5S. The average molecular weight is 384 g/mol. The molecule has 0 saturated carbocycles. The van der Waals surface area contributed by atoms with Crippen molar-refractivity contribution < 1.29 is 22.7 Å². The molecule has 1 unspecified atom stereocenters. The molecule has 0 aromatic heterocycles. The number of benzene rings is 1. The summed E-state index contributed by atoms with van der Waals surface area (Å²) in [6.45, 7) is 5.55. The third kappa shape index (κ3) is 4.75. The fourth-order valence-electron chi connectivity index (χ4n) is 3.05. The minimum absolute atomic E-state index is 0.0891. The summed E-state index contributed by atoms with van der Waals surface area (Å²) in [5.41, 5.74) is 0.216. The summed E-state index contributed by atoms with van der Waals surface area (Å²) in [7, 11) is -2.18. The van der Waals surface area contributed by atoms with Crippen LogP contribution in [0.4, 0.5) is 0 Å². The second-order valence-electron chi connectivity index (χ2n) is 6.13. The van der Waals surface area contributed by atoms with Crippen molar-refractivity contribution in [1.29, 1.82) is 0 Å². The minimum Gasteiger partial charge on any atom is -0.496 e. The molecule has 1 N–H and O–H groups in total. The molecule has 1 aliphatic heterocycles. The Morgan fingerprint density at radius 1 is 1.35 bits per heavy atom. The van der Waals surface area contributed by atoms with E-state index in [4.69, 9.17) is 9.47 Å². The van der Waals surface area contributed by atoms with Crippen LogP contribution >= 0.6 is 0 Å². The van der Waals surface area contributed by atoms with Crippen molar-refractivity contribution in [3.8, 4) is 5.75 Å². The Kier molecular flexibility index (Phi) is 7.43. The van der Waals surface area contributed by atoms with E-state index in [-0.39, 0.29) is 22.5 Å². The van der Waals surface area contributed by atoms with E-state index in [1.165, 1.54) is 29.6 Å². The van der Waals surface area contributed by atoms with Crippen LogP contribution in [0.2, 0.25) is 0 Å². The average Bonchev–Trinajstić information content (AvgIpc) is 3.15. The first-order chi connectivity index (χ1) is 12.4. The number of rotatable bonds is 9. The minimum atomic E-state index is -3.64. The molecule has 0 spiro atoms. The second-order valence-corrected chi connectivity index (χ2v) is 8.07. The smallest absolute Gasteiger partial charge is 0.255 e. The van der Waals surface area contributed by atoms with Crippen molar-refractivity contribution in [2.75, 3.05) is 33.4 Å². The summed E-state index contributed by atoms with van der Waals surface area (Å²) in [5, 5.41) is 2.83. The zero-order valence-electron chi connectivity index (χ0n) is 15.7. The first-order valence-electron chi connectivity index (χ1n) is 9.02. The third-order valence-electron chi connectivity index (χ3n) is 4.53. The van der Waals surface area contributed by atoms with Gasteiger partial charge in [-0.15, -0.1) is 0 Å². The number of sulfonamides is 1. The van der Waals surface area contributed by atoms with Gasteiger partial charge >= 0.3 is 0 Å². The molecule has 1 saturated heterocycles. The molecule has 1 aliphatic rings. The number of amides is 1. The van der Waals surface area contributed by atoms with E-state index >= 15 is 0 Å². The quantitative estimate of drug-likeness (QED) is 0.704. The molecule has 26 heavy (non-hydrogen) atoms. The summed E-state index contributed by atoms with van der Waals surface area (Å²) in [4.78, 5) is 12.6. The standard InChI is InChI=1S/C18H28N2O5S/c1-4-20(5-2)26(22,23)15-8-9-17(24-3)16(13-15)18(21)19-11-10-14-7-6-12-25-14/h8-9,13-14H,4-7,10-12H2,1-3H3,(H,19,21). The van der Waals surface area contributed by atoms with Crippen LogP contribution in [0.25, 0.3) is 0 Å². The number of ether oxygens (including phenoxy) is 2. The van der Waals surface area contributed by atoms with E-state index in [0.717, 1.165) is 25.9 Å². The topological polar surface area (TPSA) is 84.9 Å². The Hall–Kier alpha value is -1.64. The van der Waals surface area contributed by atoms with Gasteiger partial charge in [-0.2, -0.15) is 4.31 Å². The predicted molar refractivity (Wildman–Crippen MR) is 99.0 cm³/mol. The number of nitrogens with zero attached hydrogens (tertiary/aromatic N) is 1. The van der Waals surface area contributed by atoms with Crippen LogP contribution in [0.5, 0.6) is 5.75 Å². The Morgan fingerprint density at radius 2 is 2.08 bits per heavy atom. The Morgan fingerprint density at radius 3 is 2.65 bits per heavy atom. The van der Waals surface area contributed by atoms with Crippen molar-refractivity contribution in [2.45, 2.75) is 44.1 Å². The lowest BCUT2D eigenvalue weighted by Crippen LogP contribution is -2.31. The van der Waals surface area contributed by atoms with Crippen LogP contribution in [-0.4, -0.2) is 58.1 Å². The van der Waals surface area contributed by atoms with Gasteiger partial charge < -0.3 is 14.8 Å². The zero-order valence-corrected chi connectivity index (χ0v) is 16.5. The molecule has 8 heteroatoms. The first kappa shape index (κ1) is 20.7. The van der Waals surface area contributed by atoms with Crippen LogP contribution in [0, 0.1) is 0 Å². The lowest BCUT2D eigenvalue weighted by Gasteiger charge is -2.19. The van der Waals surface area contributed by atoms with E-state index in [2.05, 4.69) is 5.32 Å². The predicted octanol–water partition coefficient (Wildman–Crippen LogP) is 2.02. The highest BCUT2D eigenvalue weighted by molar-refractivity contribution is 7.89. The van der Waals surface area contributed by atoms with E-state index in [9.17, 15) is 13.2 Å². The molecule has 1 amide bonds. The van der Waals surface area contributed by atoms with Gasteiger partial charge in [0.2, 0.25) is 10.0 Å². The molecule has 1 fully saturated rings. The molecule has 1 aromatic rings. The van der Waals surface area contributed by atoms with E-state index in [1.54, 1.807) is 13.8 Å². The van der Waals surface area contributed by atoms with Gasteiger partial charge in [-0.25, -0.2) is 8.42 Å². The first-order valence-corrected chi connectivity index (χ1v) is 10.5. The SMILES string of the molecule is CCN(CC)S(=O)(=O)c1ccc(OC)c(C(=O)NCCC2CCCO2)c1. The maximum Gasteiger partial charge on any atom is 0.255 e. The normalized spacial score (nSPS) is 17.5. The molecule has 1 heterocycles. The van der Waals surface area contributed by atoms with Crippen molar-refractivity contribution in [3.05, 3.63) is 23.8 Å². The highest BCUT2D eigenvalue weighted by Crippen LogP contribution is 2.24. The van der Waals surface area contributed by atoms with Crippen LogP contribution in [0.15, 0.2) is 23.1 Å². The molecular weight excluding hydrogens is 356 g/mol. The molecule has 146 valence electrons. The fraction of sp³-hybridized carbons (Fsp3) is 0.611. The van der Waals surface area contributed by atoms with E-state index < -0.39 is 10.0 Å². The zero-order chi connectivity index (χ0) is 19.2. The van der Waals surface area contributed by atoms with Gasteiger partial charge in [-0.3, -0.25) is 4.79 Å². The van der Waals surface area contributed by atoms with Gasteiger partial charge in [0.15, 0.2) is 0 Å². The molecule has 0 aliphatic carbocycles. The molecule has 7 nitrogen and oxygen atoms in total. The Labute approximate surface area is 155 Å². The molecule has 1 aromatic carbocycles. The highest BCUT2D eigenvalue weighted by atomic mass is 32.2. The second kappa shape index (κ2) is 9.34. The monoisotopic (exact) mass is 384 g/mol. The lowest BCUT2D eigenvalue weighted by molar-refractivity contribution is 0.0904. The summed E-state index contributed by atoms with van der Waals surface area (Å²) < 4.78 is 37.5. The van der Waals surface area contributed by atoms with Crippen molar-refractivity contribution in [2.24, 2.45) is 0 Å². The van der Waals surface area contributed by atoms with Gasteiger partial charge in [-0.1, -0.05) is 13.8 Å². The molecule has 0 radical (unpaired) electrons. The van der Waals surface area contributed by atoms with Crippen LogP contribution < -0.4 is 10.1 Å². The van der Waals surface area contributed by atoms with Crippen molar-refractivity contribution in [1.82, 2.24) is 9.62 Å². The Bertz CT molecular complexity index is 710. The van der Waals surface area contributed by atoms with Gasteiger partial charge in [-0.05, 0) is 37.5 Å². The molecule has 2 rings (SSSR count). The summed E-state index contributed by atoms with van der Waals surface area (Å²) in [6.07, 6.45) is 2.99. The van der Waals surface area contributed by atoms with Crippen LogP contribution in [0.3, 0.4) is 0 Å². The van der Waals surface area contributed by atoms with Crippen LogP contribution in [-0.2, 0) is 14.8 Å². The number of carbonyl (C=O) groups is 1. The molecule has 1 atom stereocenters. The summed E-state index contributed by atoms with van der Waals surface area (Å²) in [5.74, 6) is -0.00504. The van der Waals surface area contributed by atoms with E-state index in [0.29, 0.717) is 25.4 Å². The number of hydrogen-bond donors (Lipinski definition) is 1. The van der Waals surface area contributed by atoms with Crippen LogP contribution in [0.1, 0.15) is 43.5 Å². The maximum atomic E-state index is 12.7. The van der Waals surface area contributed by atoms with Gasteiger partial charge in [0.1, 0.15) is 5.75 Å². The number of methoxy groups -OCH3 is 1. The third-order valence-corrected chi connectivity index (χ3v) is 6.58. The van der Waals surface area contributed by atoms with Crippen molar-refractivity contribution >= 4 is 15.9 Å². The van der Waals surface area contributed by atoms with Gasteiger partial charge in [0, 0.05) is 26.2 Å². The van der Waals surface area contributed by atoms with E-state index in [1.807, 2.05) is 0 Å². The molecule has 0 bridgehead atoms. The Balaban J connectivity index is 2.16. The lowest BCUT2D eigenvalue weighted by atomic mass is 10.1. The number of hydrogen-bond acceptors (Lipinski definition) is 5.